The molecule has 0 aliphatic heterocycles. The third-order valence-corrected chi connectivity index (χ3v) is 1.45. The smallest absolute Gasteiger partial charge is 0.264 e. The van der Waals surface area contributed by atoms with Crippen molar-refractivity contribution in [1.29, 1.82) is 0 Å². The first-order chi connectivity index (χ1) is 5.65. The molecule has 0 aliphatic carbocycles. The van der Waals surface area contributed by atoms with Crippen LogP contribution in [0.3, 0.4) is 0 Å². The number of aliphatic hydroxyl groups is 1. The minimum Gasteiger partial charge on any atom is -0.392 e. The average molecular weight is 175 g/mol. The summed E-state index contributed by atoms with van der Waals surface area (Å²) in [7, 11) is 0. The highest BCUT2D eigenvalue weighted by Gasteiger charge is 2.12. The van der Waals surface area contributed by atoms with Crippen molar-refractivity contribution in [1.82, 2.24) is 4.98 Å². The van der Waals surface area contributed by atoms with Crippen molar-refractivity contribution < 1.29 is 13.9 Å². The summed E-state index contributed by atoms with van der Waals surface area (Å²) in [6.45, 7) is -0.504. The molecule has 0 saturated heterocycles. The summed E-state index contributed by atoms with van der Waals surface area (Å²) in [5, 5.41) is 8.60. The monoisotopic (exact) mass is 175 g/mol. The number of aliphatic hydroxyl groups excluding tert-OH is 1. The van der Waals surface area contributed by atoms with Crippen LogP contribution in [-0.2, 0) is 6.61 Å². The molecule has 0 bridgehead atoms. The highest BCUT2D eigenvalue weighted by Crippen LogP contribution is 2.20. The van der Waals surface area contributed by atoms with Gasteiger partial charge in [0.05, 0.1) is 6.61 Å². The summed E-state index contributed by atoms with van der Waals surface area (Å²) >= 11 is 0. The second-order valence-corrected chi connectivity index (χ2v) is 2.24. The summed E-state index contributed by atoms with van der Waals surface area (Å²) in [4.78, 5) is 12.8. The standard InChI is InChI=1S/C7H7F2NO2/c8-7(9)5-1-6(12)10-2-4(5)3-11/h1-2,7,11H,3H2,(H,10,12). The number of alkyl halides is 2. The summed E-state index contributed by atoms with van der Waals surface area (Å²) in [5.74, 6) is 0. The Kier molecular flexibility index (Phi) is 2.54. The normalized spacial score (nSPS) is 10.7. The van der Waals surface area contributed by atoms with Crippen LogP contribution in [0.25, 0.3) is 0 Å². The lowest BCUT2D eigenvalue weighted by atomic mass is 10.1. The van der Waals surface area contributed by atoms with Gasteiger partial charge in [-0.25, -0.2) is 8.78 Å². The Morgan fingerprint density at radius 3 is 2.75 bits per heavy atom. The first kappa shape index (κ1) is 8.86. The Balaban J connectivity index is 3.21. The molecule has 2 N–H and O–H groups in total. The molecular weight excluding hydrogens is 168 g/mol. The van der Waals surface area contributed by atoms with Crippen molar-refractivity contribution in [3.63, 3.8) is 0 Å². The lowest BCUT2D eigenvalue weighted by Crippen LogP contribution is -2.08. The molecule has 0 atom stereocenters. The van der Waals surface area contributed by atoms with Gasteiger partial charge in [-0.05, 0) is 0 Å². The average Bonchev–Trinajstić information content (AvgIpc) is 2.04. The number of aromatic nitrogens is 1. The van der Waals surface area contributed by atoms with Gasteiger partial charge in [-0.15, -0.1) is 0 Å². The number of rotatable bonds is 2. The van der Waals surface area contributed by atoms with E-state index in [9.17, 15) is 13.6 Å². The second kappa shape index (κ2) is 3.44. The number of hydrogen-bond donors (Lipinski definition) is 2. The fourth-order valence-corrected chi connectivity index (χ4v) is 0.857. The van der Waals surface area contributed by atoms with Crippen LogP contribution in [0.15, 0.2) is 17.1 Å². The predicted molar refractivity (Wildman–Crippen MR) is 37.9 cm³/mol. The van der Waals surface area contributed by atoms with Crippen LogP contribution in [-0.4, -0.2) is 10.1 Å². The quantitative estimate of drug-likeness (QED) is 0.698. The van der Waals surface area contributed by atoms with E-state index >= 15 is 0 Å². The van der Waals surface area contributed by atoms with E-state index in [1.165, 1.54) is 0 Å². The molecular formula is C7H7F2NO2. The topological polar surface area (TPSA) is 53.1 Å². The van der Waals surface area contributed by atoms with E-state index in [0.29, 0.717) is 0 Å². The molecule has 5 heteroatoms. The summed E-state index contributed by atoms with van der Waals surface area (Å²) < 4.78 is 24.3. The Labute approximate surface area is 66.7 Å². The van der Waals surface area contributed by atoms with E-state index in [4.69, 9.17) is 5.11 Å². The third kappa shape index (κ3) is 1.68. The number of nitrogens with one attached hydrogen (secondary N) is 1. The van der Waals surface area contributed by atoms with Crippen molar-refractivity contribution in [3.8, 4) is 0 Å². The number of pyridine rings is 1. The zero-order chi connectivity index (χ0) is 9.14. The Morgan fingerprint density at radius 1 is 1.58 bits per heavy atom. The lowest BCUT2D eigenvalue weighted by molar-refractivity contribution is 0.147. The molecule has 0 amide bonds. The van der Waals surface area contributed by atoms with Gasteiger partial charge in [-0.2, -0.15) is 0 Å². The fourth-order valence-electron chi connectivity index (χ4n) is 0.857. The van der Waals surface area contributed by atoms with Crippen LogP contribution >= 0.6 is 0 Å². The van der Waals surface area contributed by atoms with E-state index in [0.717, 1.165) is 12.3 Å². The largest absolute Gasteiger partial charge is 0.392 e. The fraction of sp³-hybridized carbons (Fsp3) is 0.286. The highest BCUT2D eigenvalue weighted by molar-refractivity contribution is 5.23. The van der Waals surface area contributed by atoms with Gasteiger partial charge in [0.25, 0.3) is 6.43 Å². The lowest BCUT2D eigenvalue weighted by Gasteiger charge is -2.03. The first-order valence-corrected chi connectivity index (χ1v) is 3.25. The van der Waals surface area contributed by atoms with Gasteiger partial charge in [-0.3, -0.25) is 4.79 Å². The molecule has 66 valence electrons. The van der Waals surface area contributed by atoms with Gasteiger partial charge >= 0.3 is 0 Å². The molecule has 12 heavy (non-hydrogen) atoms. The van der Waals surface area contributed by atoms with E-state index in [-0.39, 0.29) is 5.56 Å². The van der Waals surface area contributed by atoms with Crippen molar-refractivity contribution >= 4 is 0 Å². The molecule has 1 heterocycles. The molecule has 0 fully saturated rings. The second-order valence-electron chi connectivity index (χ2n) is 2.24. The zero-order valence-electron chi connectivity index (χ0n) is 6.05. The highest BCUT2D eigenvalue weighted by atomic mass is 19.3. The maximum Gasteiger partial charge on any atom is 0.264 e. The van der Waals surface area contributed by atoms with Gasteiger partial charge in [0, 0.05) is 23.4 Å². The minimum absolute atomic E-state index is 0.0459. The molecule has 1 aromatic rings. The van der Waals surface area contributed by atoms with E-state index < -0.39 is 24.2 Å². The van der Waals surface area contributed by atoms with Crippen LogP contribution in [0.2, 0.25) is 0 Å². The molecule has 0 unspecified atom stereocenters. The molecule has 1 rings (SSSR count). The Bertz CT molecular complexity index is 321. The molecule has 0 aliphatic rings. The van der Waals surface area contributed by atoms with Gasteiger partial charge in [0.2, 0.25) is 5.56 Å². The van der Waals surface area contributed by atoms with Gasteiger partial charge in [0.15, 0.2) is 0 Å². The van der Waals surface area contributed by atoms with Crippen LogP contribution in [0, 0.1) is 0 Å². The van der Waals surface area contributed by atoms with Crippen molar-refractivity contribution in [2.45, 2.75) is 13.0 Å². The van der Waals surface area contributed by atoms with E-state index in [1.807, 2.05) is 0 Å². The van der Waals surface area contributed by atoms with Crippen LogP contribution in [0.1, 0.15) is 17.6 Å². The van der Waals surface area contributed by atoms with Gasteiger partial charge < -0.3 is 10.1 Å². The summed E-state index contributed by atoms with van der Waals surface area (Å²) in [5.41, 5.74) is -0.964. The van der Waals surface area contributed by atoms with Crippen LogP contribution in [0.5, 0.6) is 0 Å². The van der Waals surface area contributed by atoms with E-state index in [1.54, 1.807) is 0 Å². The number of halogens is 2. The molecule has 0 spiro atoms. The molecule has 0 aromatic carbocycles. The number of aromatic amines is 1. The summed E-state index contributed by atoms with van der Waals surface area (Å²) in [6.07, 6.45) is -1.64. The van der Waals surface area contributed by atoms with E-state index in [2.05, 4.69) is 4.98 Å². The zero-order valence-corrected chi connectivity index (χ0v) is 6.05. The molecule has 1 aromatic heterocycles. The third-order valence-electron chi connectivity index (χ3n) is 1.45. The predicted octanol–water partition coefficient (Wildman–Crippen LogP) is 0.805. The minimum atomic E-state index is -2.73. The molecule has 0 saturated carbocycles. The maximum absolute atomic E-state index is 12.1. The van der Waals surface area contributed by atoms with Crippen molar-refractivity contribution in [2.24, 2.45) is 0 Å². The first-order valence-electron chi connectivity index (χ1n) is 3.25. The van der Waals surface area contributed by atoms with Gasteiger partial charge in [-0.1, -0.05) is 0 Å². The maximum atomic E-state index is 12.1. The van der Waals surface area contributed by atoms with Crippen molar-refractivity contribution in [3.05, 3.63) is 33.7 Å². The van der Waals surface area contributed by atoms with Gasteiger partial charge in [0.1, 0.15) is 0 Å². The van der Waals surface area contributed by atoms with Crippen LogP contribution in [0.4, 0.5) is 8.78 Å². The Hall–Kier alpha value is -1.23. The molecule has 0 radical (unpaired) electrons. The number of H-pyrrole nitrogens is 1. The molecule has 3 nitrogen and oxygen atoms in total. The van der Waals surface area contributed by atoms with Crippen molar-refractivity contribution in [2.75, 3.05) is 0 Å². The summed E-state index contributed by atoms with van der Waals surface area (Å²) in [6, 6.07) is 0.788. The Morgan fingerprint density at radius 2 is 2.25 bits per heavy atom. The number of hydrogen-bond acceptors (Lipinski definition) is 2. The SMILES string of the molecule is O=c1cc(C(F)F)c(CO)c[nH]1. The van der Waals surface area contributed by atoms with Crippen LogP contribution < -0.4 is 5.56 Å².